The fourth-order valence-electron chi connectivity index (χ4n) is 8.00. The monoisotopic (exact) mass is 656 g/mol. The fourth-order valence-corrected chi connectivity index (χ4v) is 8.00. The summed E-state index contributed by atoms with van der Waals surface area (Å²) in [5, 5.41) is 14.7. The Labute approximate surface area is 297 Å². The SMILES string of the molecule is CC1C=C(/C(=C/Cn2c3ccccc3c3cc(-c4ccc5c(c4)c4ccccc4n5-c4ccccc4)ccc32)c2ccccc2N)C=C(C#N)C1. The number of nitriles is 1. The maximum Gasteiger partial charge on any atom is 0.0947 e. The van der Waals surface area contributed by atoms with E-state index in [9.17, 15) is 5.26 Å². The van der Waals surface area contributed by atoms with Gasteiger partial charge in [-0.2, -0.15) is 5.26 Å². The molecule has 2 N–H and O–H groups in total. The van der Waals surface area contributed by atoms with Gasteiger partial charge in [0.05, 0.1) is 17.1 Å². The Morgan fingerprint density at radius 2 is 1.29 bits per heavy atom. The molecule has 4 heteroatoms. The van der Waals surface area contributed by atoms with E-state index in [0.29, 0.717) is 6.54 Å². The van der Waals surface area contributed by atoms with Gasteiger partial charge in [-0.3, -0.25) is 0 Å². The van der Waals surface area contributed by atoms with Crippen LogP contribution in [0.15, 0.2) is 169 Å². The molecule has 0 radical (unpaired) electrons. The average Bonchev–Trinajstić information content (AvgIpc) is 3.67. The van der Waals surface area contributed by atoms with Crippen molar-refractivity contribution >= 4 is 54.9 Å². The van der Waals surface area contributed by atoms with Gasteiger partial charge in [-0.15, -0.1) is 0 Å². The van der Waals surface area contributed by atoms with E-state index in [-0.39, 0.29) is 5.92 Å². The second-order valence-electron chi connectivity index (χ2n) is 13.6. The highest BCUT2D eigenvalue weighted by atomic mass is 15.0. The van der Waals surface area contributed by atoms with Crippen LogP contribution in [-0.2, 0) is 6.54 Å². The van der Waals surface area contributed by atoms with Crippen LogP contribution in [0.3, 0.4) is 0 Å². The summed E-state index contributed by atoms with van der Waals surface area (Å²) < 4.78 is 4.75. The Morgan fingerprint density at radius 3 is 2.04 bits per heavy atom. The summed E-state index contributed by atoms with van der Waals surface area (Å²) in [6.07, 6.45) is 7.34. The number of hydrogen-bond donors (Lipinski definition) is 1. The first-order valence-corrected chi connectivity index (χ1v) is 17.6. The minimum absolute atomic E-state index is 0.272. The van der Waals surface area contributed by atoms with Gasteiger partial charge in [0.2, 0.25) is 0 Å². The average molecular weight is 657 g/mol. The second-order valence-corrected chi connectivity index (χ2v) is 13.6. The fraction of sp³-hybridized carbons (Fsp3) is 0.0851. The highest BCUT2D eigenvalue weighted by Crippen LogP contribution is 2.39. The van der Waals surface area contributed by atoms with Crippen molar-refractivity contribution in [1.82, 2.24) is 9.13 Å². The van der Waals surface area contributed by atoms with Crippen LogP contribution in [0.2, 0.25) is 0 Å². The Bertz CT molecular complexity index is 2780. The number of hydrogen-bond acceptors (Lipinski definition) is 2. The van der Waals surface area contributed by atoms with E-state index < -0.39 is 0 Å². The summed E-state index contributed by atoms with van der Waals surface area (Å²) in [7, 11) is 0. The largest absolute Gasteiger partial charge is 0.398 e. The highest BCUT2D eigenvalue weighted by Gasteiger charge is 2.19. The first kappa shape index (κ1) is 30.5. The molecule has 51 heavy (non-hydrogen) atoms. The molecule has 0 saturated heterocycles. The number of nitrogen functional groups attached to an aromatic ring is 1. The summed E-state index contributed by atoms with van der Waals surface area (Å²) in [5.41, 5.74) is 19.5. The lowest BCUT2D eigenvalue weighted by atomic mass is 9.86. The molecule has 8 aromatic rings. The molecule has 1 atom stereocenters. The van der Waals surface area contributed by atoms with Crippen LogP contribution in [0.5, 0.6) is 0 Å². The van der Waals surface area contributed by atoms with Crippen molar-refractivity contribution in [3.8, 4) is 22.9 Å². The van der Waals surface area contributed by atoms with Crippen LogP contribution in [0.4, 0.5) is 5.69 Å². The first-order chi connectivity index (χ1) is 25.1. The lowest BCUT2D eigenvalue weighted by Gasteiger charge is -2.19. The van der Waals surface area contributed by atoms with E-state index in [4.69, 9.17) is 5.73 Å². The van der Waals surface area contributed by atoms with Crippen LogP contribution in [0.1, 0.15) is 18.9 Å². The van der Waals surface area contributed by atoms with Crippen LogP contribution >= 0.6 is 0 Å². The van der Waals surface area contributed by atoms with Crippen molar-refractivity contribution in [1.29, 1.82) is 5.26 Å². The number of anilines is 1. The van der Waals surface area contributed by atoms with Crippen molar-refractivity contribution < 1.29 is 0 Å². The molecule has 0 fully saturated rings. The van der Waals surface area contributed by atoms with Gasteiger partial charge >= 0.3 is 0 Å². The van der Waals surface area contributed by atoms with Crippen LogP contribution in [-0.4, -0.2) is 9.13 Å². The summed E-state index contributed by atoms with van der Waals surface area (Å²) >= 11 is 0. The molecule has 9 rings (SSSR count). The molecule has 2 heterocycles. The van der Waals surface area contributed by atoms with E-state index in [0.717, 1.165) is 40.1 Å². The van der Waals surface area contributed by atoms with Crippen LogP contribution in [0, 0.1) is 17.2 Å². The van der Waals surface area contributed by atoms with Crippen molar-refractivity contribution in [2.75, 3.05) is 5.73 Å². The number of nitrogens with zero attached hydrogens (tertiary/aromatic N) is 3. The molecule has 0 aliphatic heterocycles. The van der Waals surface area contributed by atoms with Gasteiger partial charge in [0, 0.05) is 61.6 Å². The molecular formula is C47H36N4. The molecule has 0 bridgehead atoms. The standard InChI is InChI=1S/C47H36N4/c1-31-25-32(30-48)27-35(26-31)37(38-13-5-8-16-43(38)49)23-24-50-44-17-9-6-14-39(44)41-28-33(19-21-45(41)50)34-20-22-47-42(29-34)40-15-7-10-18-46(40)51(47)36-11-3-2-4-12-36/h2-23,26-29,31H,24-25,49H2,1H3/b37-23-. The number of fused-ring (bicyclic) bond motifs is 6. The first-order valence-electron chi connectivity index (χ1n) is 17.6. The molecule has 1 unspecified atom stereocenters. The Kier molecular flexibility index (Phi) is 7.41. The summed E-state index contributed by atoms with van der Waals surface area (Å²) in [6, 6.07) is 52.1. The third-order valence-corrected chi connectivity index (χ3v) is 10.3. The number of allylic oxidation sites excluding steroid dienone is 6. The molecule has 4 nitrogen and oxygen atoms in total. The third kappa shape index (κ3) is 5.23. The predicted octanol–water partition coefficient (Wildman–Crippen LogP) is 11.6. The topological polar surface area (TPSA) is 59.7 Å². The zero-order chi connectivity index (χ0) is 34.5. The normalized spacial score (nSPS) is 15.0. The molecule has 2 aromatic heterocycles. The highest BCUT2D eigenvalue weighted by molar-refractivity contribution is 6.12. The van der Waals surface area contributed by atoms with Gasteiger partial charge in [0.25, 0.3) is 0 Å². The second kappa shape index (κ2) is 12.4. The lowest BCUT2D eigenvalue weighted by molar-refractivity contribution is 0.716. The summed E-state index contributed by atoms with van der Waals surface area (Å²) in [5.74, 6) is 0.272. The molecular weight excluding hydrogens is 621 g/mol. The van der Waals surface area contributed by atoms with Crippen LogP contribution < -0.4 is 5.73 Å². The number of benzene rings is 6. The maximum absolute atomic E-state index is 9.81. The van der Waals surface area contributed by atoms with E-state index in [1.54, 1.807) is 0 Å². The van der Waals surface area contributed by atoms with Gasteiger partial charge in [0.1, 0.15) is 0 Å². The van der Waals surface area contributed by atoms with E-state index >= 15 is 0 Å². The van der Waals surface area contributed by atoms with Crippen molar-refractivity contribution in [2.45, 2.75) is 19.9 Å². The van der Waals surface area contributed by atoms with Crippen molar-refractivity contribution in [2.24, 2.45) is 5.92 Å². The minimum atomic E-state index is 0.272. The quantitative estimate of drug-likeness (QED) is 0.181. The van der Waals surface area contributed by atoms with Gasteiger partial charge in [-0.25, -0.2) is 0 Å². The number of aromatic nitrogens is 2. The minimum Gasteiger partial charge on any atom is -0.398 e. The van der Waals surface area contributed by atoms with Crippen LogP contribution in [0.25, 0.3) is 66.0 Å². The van der Waals surface area contributed by atoms with Gasteiger partial charge in [-0.05, 0) is 95.3 Å². The van der Waals surface area contributed by atoms with Crippen molar-refractivity contribution in [3.63, 3.8) is 0 Å². The van der Waals surface area contributed by atoms with Gasteiger partial charge in [0.15, 0.2) is 0 Å². The smallest absolute Gasteiger partial charge is 0.0947 e. The Balaban J connectivity index is 1.17. The zero-order valence-electron chi connectivity index (χ0n) is 28.4. The molecule has 1 aliphatic rings. The maximum atomic E-state index is 9.81. The molecule has 1 aliphatic carbocycles. The summed E-state index contributed by atoms with van der Waals surface area (Å²) in [6.45, 7) is 2.82. The molecule has 0 spiro atoms. The van der Waals surface area contributed by atoms with E-state index in [1.165, 1.54) is 54.7 Å². The Hall–Kier alpha value is -6.57. The van der Waals surface area contributed by atoms with Gasteiger partial charge in [-0.1, -0.05) is 104 Å². The molecule has 0 saturated carbocycles. The molecule has 244 valence electrons. The predicted molar refractivity (Wildman–Crippen MR) is 214 cm³/mol. The van der Waals surface area contributed by atoms with Crippen molar-refractivity contribution in [3.05, 3.63) is 174 Å². The number of rotatable bonds is 6. The zero-order valence-corrected chi connectivity index (χ0v) is 28.4. The molecule has 6 aromatic carbocycles. The summed E-state index contributed by atoms with van der Waals surface area (Å²) in [4.78, 5) is 0. The van der Waals surface area contributed by atoms with E-state index in [2.05, 4.69) is 156 Å². The Morgan fingerprint density at radius 1 is 0.706 bits per heavy atom. The van der Waals surface area contributed by atoms with Gasteiger partial charge < -0.3 is 14.9 Å². The molecule has 0 amide bonds. The number of para-hydroxylation sites is 4. The number of nitrogens with two attached hydrogens (primary N) is 1. The van der Waals surface area contributed by atoms with E-state index in [1.807, 2.05) is 24.3 Å². The lowest BCUT2D eigenvalue weighted by Crippen LogP contribution is -2.05. The third-order valence-electron chi connectivity index (χ3n) is 10.3.